The van der Waals surface area contributed by atoms with Gasteiger partial charge in [0.1, 0.15) is 6.10 Å². The molecule has 3 rings (SSSR count). The lowest BCUT2D eigenvalue weighted by molar-refractivity contribution is -0.190. The van der Waals surface area contributed by atoms with Crippen molar-refractivity contribution < 1.29 is 9.47 Å². The molecule has 1 unspecified atom stereocenters. The van der Waals surface area contributed by atoms with Gasteiger partial charge in [0.2, 0.25) is 0 Å². The largest absolute Gasteiger partial charge is 0.370 e. The average molecular weight is 295 g/mol. The van der Waals surface area contributed by atoms with E-state index in [0.29, 0.717) is 19.1 Å². The van der Waals surface area contributed by atoms with Crippen molar-refractivity contribution in [3.05, 3.63) is 0 Å². The van der Waals surface area contributed by atoms with Crippen LogP contribution in [0.15, 0.2) is 4.99 Å². The third-order valence-electron chi connectivity index (χ3n) is 5.09. The Hall–Kier alpha value is -0.810. The fraction of sp³-hybridized carbons (Fsp3) is 0.938. The zero-order chi connectivity index (χ0) is 14.7. The van der Waals surface area contributed by atoms with Crippen LogP contribution in [0.1, 0.15) is 51.9 Å². The van der Waals surface area contributed by atoms with Crippen molar-refractivity contribution in [2.75, 3.05) is 26.2 Å². The molecular weight excluding hydrogens is 266 g/mol. The van der Waals surface area contributed by atoms with E-state index in [1.165, 1.54) is 32.1 Å². The highest BCUT2D eigenvalue weighted by atomic mass is 16.7. The van der Waals surface area contributed by atoms with E-state index in [-0.39, 0.29) is 11.9 Å². The minimum absolute atomic E-state index is 0.0711. The average Bonchev–Trinajstić information content (AvgIpc) is 2.92. The topological polar surface area (TPSA) is 60.1 Å². The monoisotopic (exact) mass is 295 g/mol. The van der Waals surface area contributed by atoms with Gasteiger partial charge in [-0.2, -0.15) is 0 Å². The molecule has 2 saturated heterocycles. The van der Waals surface area contributed by atoms with E-state index in [1.54, 1.807) is 0 Å². The second kappa shape index (κ2) is 6.53. The lowest BCUT2D eigenvalue weighted by atomic mass is 9.86. The summed E-state index contributed by atoms with van der Waals surface area (Å²) >= 11 is 0. The zero-order valence-electron chi connectivity index (χ0n) is 13.2. The molecular formula is C16H29N3O2. The molecule has 0 bridgehead atoms. The van der Waals surface area contributed by atoms with Crippen molar-refractivity contribution in [2.24, 2.45) is 16.6 Å². The summed E-state index contributed by atoms with van der Waals surface area (Å²) in [4.78, 5) is 6.73. The summed E-state index contributed by atoms with van der Waals surface area (Å²) < 4.78 is 12.1. The molecule has 1 atom stereocenters. The summed E-state index contributed by atoms with van der Waals surface area (Å²) in [5.41, 5.74) is 6.09. The number of ether oxygens (including phenoxy) is 2. The third-order valence-corrected chi connectivity index (χ3v) is 5.09. The Morgan fingerprint density at radius 2 is 1.95 bits per heavy atom. The molecule has 5 nitrogen and oxygen atoms in total. The van der Waals surface area contributed by atoms with Crippen LogP contribution in [0.3, 0.4) is 0 Å². The SMILES string of the molecule is CC1CCC2(CC1)OCC(CN=C(N)N1CCCCC1)O2. The Labute approximate surface area is 127 Å². The van der Waals surface area contributed by atoms with Crippen LogP contribution in [-0.4, -0.2) is 49.0 Å². The first-order valence-electron chi connectivity index (χ1n) is 8.53. The smallest absolute Gasteiger partial charge is 0.191 e. The summed E-state index contributed by atoms with van der Waals surface area (Å²) in [6, 6.07) is 0. The second-order valence-corrected chi connectivity index (χ2v) is 6.89. The summed E-state index contributed by atoms with van der Waals surface area (Å²) in [5.74, 6) is 1.17. The maximum Gasteiger partial charge on any atom is 0.191 e. The minimum Gasteiger partial charge on any atom is -0.370 e. The Morgan fingerprint density at radius 1 is 1.24 bits per heavy atom. The van der Waals surface area contributed by atoms with Crippen LogP contribution in [0.4, 0.5) is 0 Å². The molecule has 120 valence electrons. The first-order chi connectivity index (χ1) is 10.2. The van der Waals surface area contributed by atoms with Crippen LogP contribution in [0, 0.1) is 5.92 Å². The van der Waals surface area contributed by atoms with Gasteiger partial charge in [-0.15, -0.1) is 0 Å². The van der Waals surface area contributed by atoms with Crippen LogP contribution >= 0.6 is 0 Å². The molecule has 0 radical (unpaired) electrons. The van der Waals surface area contributed by atoms with Gasteiger partial charge in [-0.25, -0.2) is 0 Å². The van der Waals surface area contributed by atoms with Crippen molar-refractivity contribution in [1.29, 1.82) is 0 Å². The fourth-order valence-corrected chi connectivity index (χ4v) is 3.59. The van der Waals surface area contributed by atoms with Gasteiger partial charge in [-0.05, 0) is 38.0 Å². The predicted octanol–water partition coefficient (Wildman–Crippen LogP) is 2.11. The van der Waals surface area contributed by atoms with E-state index >= 15 is 0 Å². The molecule has 21 heavy (non-hydrogen) atoms. The van der Waals surface area contributed by atoms with Crippen molar-refractivity contribution in [1.82, 2.24) is 4.90 Å². The van der Waals surface area contributed by atoms with E-state index in [1.807, 2.05) is 0 Å². The number of likely N-dealkylation sites (tertiary alicyclic amines) is 1. The summed E-state index contributed by atoms with van der Waals surface area (Å²) in [6.45, 7) is 5.67. The number of piperidine rings is 1. The van der Waals surface area contributed by atoms with Crippen molar-refractivity contribution >= 4 is 5.96 Å². The molecule has 2 heterocycles. The third kappa shape index (κ3) is 3.69. The molecule has 1 spiro atoms. The Bertz CT molecular complexity index is 372. The number of hydrogen-bond donors (Lipinski definition) is 1. The van der Waals surface area contributed by atoms with Crippen molar-refractivity contribution in [3.63, 3.8) is 0 Å². The standard InChI is InChI=1S/C16H29N3O2/c1-13-5-7-16(8-6-13)20-12-14(21-16)11-18-15(17)19-9-3-2-4-10-19/h13-14H,2-12H2,1H3,(H2,17,18). The van der Waals surface area contributed by atoms with Gasteiger partial charge in [-0.1, -0.05) is 6.92 Å². The maximum absolute atomic E-state index is 6.17. The van der Waals surface area contributed by atoms with Crippen LogP contribution in [0.25, 0.3) is 0 Å². The highest BCUT2D eigenvalue weighted by Gasteiger charge is 2.43. The van der Waals surface area contributed by atoms with Gasteiger partial charge in [0.25, 0.3) is 0 Å². The predicted molar refractivity (Wildman–Crippen MR) is 83.1 cm³/mol. The van der Waals surface area contributed by atoms with Gasteiger partial charge in [-0.3, -0.25) is 4.99 Å². The van der Waals surface area contributed by atoms with Gasteiger partial charge in [0.05, 0.1) is 13.2 Å². The van der Waals surface area contributed by atoms with Gasteiger partial charge in [0.15, 0.2) is 11.7 Å². The molecule has 0 aromatic heterocycles. The maximum atomic E-state index is 6.17. The summed E-state index contributed by atoms with van der Waals surface area (Å²) in [6.07, 6.45) is 8.27. The first kappa shape index (κ1) is 15.1. The number of nitrogens with zero attached hydrogens (tertiary/aromatic N) is 2. The van der Waals surface area contributed by atoms with E-state index in [9.17, 15) is 0 Å². The highest BCUT2D eigenvalue weighted by Crippen LogP contribution is 2.39. The molecule has 5 heteroatoms. The molecule has 0 aromatic carbocycles. The Balaban J connectivity index is 1.48. The minimum atomic E-state index is -0.313. The first-order valence-corrected chi connectivity index (χ1v) is 8.53. The van der Waals surface area contributed by atoms with Gasteiger partial charge < -0.3 is 20.1 Å². The molecule has 0 aromatic rings. The zero-order valence-corrected chi connectivity index (χ0v) is 13.2. The lowest BCUT2D eigenvalue weighted by Gasteiger charge is -2.34. The molecule has 2 aliphatic heterocycles. The molecule has 3 fully saturated rings. The lowest BCUT2D eigenvalue weighted by Crippen LogP contribution is -2.41. The second-order valence-electron chi connectivity index (χ2n) is 6.89. The number of nitrogens with two attached hydrogens (primary N) is 1. The van der Waals surface area contributed by atoms with Crippen molar-refractivity contribution in [2.45, 2.75) is 63.8 Å². The Kier molecular flexibility index (Phi) is 4.69. The number of hydrogen-bond acceptors (Lipinski definition) is 3. The molecule has 0 amide bonds. The Morgan fingerprint density at radius 3 is 2.67 bits per heavy atom. The molecule has 3 aliphatic rings. The number of rotatable bonds is 2. The van der Waals surface area contributed by atoms with E-state index < -0.39 is 0 Å². The van der Waals surface area contributed by atoms with E-state index in [2.05, 4.69) is 16.8 Å². The number of guanidine groups is 1. The molecule has 2 N–H and O–H groups in total. The number of aliphatic imine (C=N–C) groups is 1. The quantitative estimate of drug-likeness (QED) is 0.626. The van der Waals surface area contributed by atoms with Crippen molar-refractivity contribution in [3.8, 4) is 0 Å². The fourth-order valence-electron chi connectivity index (χ4n) is 3.59. The van der Waals surface area contributed by atoms with Crippen LogP contribution < -0.4 is 5.73 Å². The van der Waals surface area contributed by atoms with Crippen LogP contribution in [-0.2, 0) is 9.47 Å². The van der Waals surface area contributed by atoms with E-state index in [4.69, 9.17) is 15.2 Å². The summed E-state index contributed by atoms with van der Waals surface area (Å²) in [7, 11) is 0. The van der Waals surface area contributed by atoms with Crippen LogP contribution in [0.5, 0.6) is 0 Å². The van der Waals surface area contributed by atoms with Gasteiger partial charge in [0, 0.05) is 25.9 Å². The summed E-state index contributed by atoms with van der Waals surface area (Å²) in [5, 5.41) is 0. The van der Waals surface area contributed by atoms with Crippen LogP contribution in [0.2, 0.25) is 0 Å². The molecule has 1 aliphatic carbocycles. The normalized spacial score (nSPS) is 38.1. The van der Waals surface area contributed by atoms with E-state index in [0.717, 1.165) is 31.8 Å². The highest BCUT2D eigenvalue weighted by molar-refractivity contribution is 5.78. The van der Waals surface area contributed by atoms with Gasteiger partial charge >= 0.3 is 0 Å². The molecule has 1 saturated carbocycles.